The van der Waals surface area contributed by atoms with Gasteiger partial charge in [-0.25, -0.2) is 4.57 Å². The van der Waals surface area contributed by atoms with Crippen LogP contribution >= 0.6 is 7.82 Å². The third-order valence-corrected chi connectivity index (χ3v) is 20.6. The smallest absolute Gasteiger partial charge is 0.462 e. The fourth-order valence-electron chi connectivity index (χ4n) is 12.9. The fraction of sp³-hybridized carbons (Fsp3) is 0.804. The van der Waals surface area contributed by atoms with Gasteiger partial charge in [0.05, 0.1) is 27.7 Å². The lowest BCUT2D eigenvalue weighted by Crippen LogP contribution is -2.37. The number of carbonyl (C=O) groups excluding carboxylic acids is 2. The van der Waals surface area contributed by atoms with E-state index in [4.69, 9.17) is 18.5 Å². The number of likely N-dealkylation sites (N-methyl/N-ethyl adjacent to an activating group) is 1. The molecule has 0 amide bonds. The lowest BCUT2D eigenvalue weighted by Gasteiger charge is -2.24. The van der Waals surface area contributed by atoms with Crippen molar-refractivity contribution in [3.8, 4) is 0 Å². The molecular formula is C92H169NO8P+. The Bertz CT molecular complexity index is 2050. The zero-order valence-corrected chi connectivity index (χ0v) is 69.0. The summed E-state index contributed by atoms with van der Waals surface area (Å²) in [4.78, 5) is 36.1. The van der Waals surface area contributed by atoms with Gasteiger partial charge in [-0.2, -0.15) is 0 Å². The highest BCUT2D eigenvalue weighted by Gasteiger charge is 2.27. The van der Waals surface area contributed by atoms with Gasteiger partial charge < -0.3 is 18.9 Å². The number of hydrogen-bond acceptors (Lipinski definition) is 7. The van der Waals surface area contributed by atoms with Crippen LogP contribution in [0.5, 0.6) is 0 Å². The maximum absolute atomic E-state index is 12.9. The first-order valence-corrected chi connectivity index (χ1v) is 45.5. The van der Waals surface area contributed by atoms with Crippen molar-refractivity contribution in [1.29, 1.82) is 0 Å². The van der Waals surface area contributed by atoms with E-state index in [0.29, 0.717) is 23.9 Å². The van der Waals surface area contributed by atoms with Gasteiger partial charge in [0.2, 0.25) is 0 Å². The lowest BCUT2D eigenvalue weighted by atomic mass is 10.0. The molecule has 1 N–H and O–H groups in total. The summed E-state index contributed by atoms with van der Waals surface area (Å²) in [6.45, 7) is 4.38. The first-order valence-electron chi connectivity index (χ1n) is 44.0. The molecule has 2 unspecified atom stereocenters. The molecule has 102 heavy (non-hydrogen) atoms. The van der Waals surface area contributed by atoms with Crippen LogP contribution in [0.2, 0.25) is 0 Å². The standard InChI is InChI=1S/C92H168NO8P/c1-6-8-10-12-14-16-18-20-22-24-26-28-30-32-34-36-38-40-42-44-45-46-47-49-51-53-55-57-59-61-63-65-67-69-71-73-75-77-79-81-83-85-92(95)101-90(89-100-102(96,97)99-87-86-93(3,4)5)88-98-91(94)84-82-80-78-76-74-72-70-68-66-64-62-60-58-56-54-52-50-48-43-41-39-37-35-33-31-29-27-25-23-21-19-17-15-13-11-9-7-2/h8,10,14,16,20,22,25-28,32,34,38,40,44-45,90H,6-7,9,11-13,15,17-19,21,23-24,29-31,33,35-37,39,41-43,46-89H2,1-5H3/p+1/b10-8-,16-14-,22-20-,27-25-,28-26-,34-32-,40-38-,45-44-. The van der Waals surface area contributed by atoms with Gasteiger partial charge in [-0.05, 0) is 96.3 Å². The van der Waals surface area contributed by atoms with E-state index < -0.39 is 26.5 Å². The van der Waals surface area contributed by atoms with E-state index in [1.54, 1.807) is 0 Å². The highest BCUT2D eigenvalue weighted by molar-refractivity contribution is 7.47. The van der Waals surface area contributed by atoms with Gasteiger partial charge in [0.25, 0.3) is 0 Å². The summed E-state index contributed by atoms with van der Waals surface area (Å²) in [5.74, 6) is -0.776. The maximum atomic E-state index is 12.9. The molecule has 0 aliphatic rings. The van der Waals surface area contributed by atoms with Gasteiger partial charge in [0, 0.05) is 12.8 Å². The number of quaternary nitrogens is 1. The summed E-state index contributed by atoms with van der Waals surface area (Å²) in [7, 11) is 1.49. The predicted molar refractivity (Wildman–Crippen MR) is 445 cm³/mol. The van der Waals surface area contributed by atoms with Gasteiger partial charge in [-0.3, -0.25) is 18.6 Å². The molecule has 594 valence electrons. The molecule has 0 saturated heterocycles. The van der Waals surface area contributed by atoms with Crippen molar-refractivity contribution in [1.82, 2.24) is 0 Å². The van der Waals surface area contributed by atoms with Crippen LogP contribution in [0.4, 0.5) is 0 Å². The summed E-state index contributed by atoms with van der Waals surface area (Å²) in [6.07, 6.45) is 116. The molecule has 0 aliphatic carbocycles. The maximum Gasteiger partial charge on any atom is 0.472 e. The monoisotopic (exact) mass is 1450 g/mol. The summed E-state index contributed by atoms with van der Waals surface area (Å²) in [6, 6.07) is 0. The van der Waals surface area contributed by atoms with Crippen molar-refractivity contribution >= 4 is 19.8 Å². The lowest BCUT2D eigenvalue weighted by molar-refractivity contribution is -0.870. The van der Waals surface area contributed by atoms with Crippen LogP contribution in [0.1, 0.15) is 425 Å². The van der Waals surface area contributed by atoms with Gasteiger partial charge in [-0.1, -0.05) is 413 Å². The van der Waals surface area contributed by atoms with Crippen molar-refractivity contribution in [3.63, 3.8) is 0 Å². The Morgan fingerprint density at radius 3 is 0.843 bits per heavy atom. The van der Waals surface area contributed by atoms with Crippen molar-refractivity contribution in [2.75, 3.05) is 47.5 Å². The molecule has 2 atom stereocenters. The number of rotatable bonds is 82. The summed E-state index contributed by atoms with van der Waals surface area (Å²) >= 11 is 0. The Morgan fingerprint density at radius 2 is 0.559 bits per heavy atom. The second-order valence-corrected chi connectivity index (χ2v) is 32.4. The molecule has 0 saturated carbocycles. The SMILES string of the molecule is CC/C=C\C/C=C\C/C=C\C/C=C\C/C=C\C/C=C\C/C=C\CCCCCCCCCCCCCCCCCCCCCC(=O)OC(COC(=O)CCCCCCCCCCCCCCCCCCCCCCCCCCC/C=C\CCCCCCCCCC)COP(=O)(O)OCC[N+](C)(C)C. The Kier molecular flexibility index (Phi) is 79.5. The molecular weight excluding hydrogens is 1280 g/mol. The number of phosphoric ester groups is 1. The molecule has 0 radical (unpaired) electrons. The number of hydrogen-bond donors (Lipinski definition) is 1. The van der Waals surface area contributed by atoms with E-state index in [-0.39, 0.29) is 25.6 Å². The Morgan fingerprint density at radius 1 is 0.314 bits per heavy atom. The van der Waals surface area contributed by atoms with Crippen LogP contribution in [0.25, 0.3) is 0 Å². The quantitative estimate of drug-likeness (QED) is 0.0211. The topological polar surface area (TPSA) is 108 Å². The molecule has 0 fully saturated rings. The second-order valence-electron chi connectivity index (χ2n) is 30.9. The van der Waals surface area contributed by atoms with Crippen molar-refractivity contribution in [3.05, 3.63) is 97.2 Å². The molecule has 0 bridgehead atoms. The van der Waals surface area contributed by atoms with Crippen LogP contribution in [-0.4, -0.2) is 74.9 Å². The third-order valence-electron chi connectivity index (χ3n) is 19.6. The molecule has 9 nitrogen and oxygen atoms in total. The largest absolute Gasteiger partial charge is 0.472 e. The van der Waals surface area contributed by atoms with E-state index >= 15 is 0 Å². The van der Waals surface area contributed by atoms with Gasteiger partial charge in [0.15, 0.2) is 6.10 Å². The molecule has 0 aromatic heterocycles. The van der Waals surface area contributed by atoms with Crippen LogP contribution in [0.15, 0.2) is 97.2 Å². The van der Waals surface area contributed by atoms with E-state index in [1.807, 2.05) is 21.1 Å². The molecule has 0 aliphatic heterocycles. The van der Waals surface area contributed by atoms with Crippen molar-refractivity contribution in [2.45, 2.75) is 431 Å². The summed E-state index contributed by atoms with van der Waals surface area (Å²) in [5, 5.41) is 0. The van der Waals surface area contributed by atoms with Crippen LogP contribution < -0.4 is 0 Å². The minimum absolute atomic E-state index is 0.0325. The second kappa shape index (κ2) is 82.0. The zero-order chi connectivity index (χ0) is 74.0. The predicted octanol–water partition coefficient (Wildman–Crippen LogP) is 29.7. The normalized spacial score (nSPS) is 13.4. The average Bonchev–Trinajstić information content (AvgIpc) is 0.916. The molecule has 0 aromatic rings. The first-order chi connectivity index (χ1) is 50.0. The molecule has 0 aromatic carbocycles. The highest BCUT2D eigenvalue weighted by Crippen LogP contribution is 2.43. The number of allylic oxidation sites excluding steroid dienone is 16. The molecule has 0 rings (SSSR count). The van der Waals surface area contributed by atoms with E-state index in [1.165, 1.54) is 315 Å². The number of ether oxygens (including phenoxy) is 2. The molecule has 10 heteroatoms. The number of esters is 2. The van der Waals surface area contributed by atoms with Gasteiger partial charge >= 0.3 is 19.8 Å². The van der Waals surface area contributed by atoms with Crippen LogP contribution in [-0.2, 0) is 32.7 Å². The minimum Gasteiger partial charge on any atom is -0.462 e. The van der Waals surface area contributed by atoms with Crippen molar-refractivity contribution in [2.24, 2.45) is 0 Å². The van der Waals surface area contributed by atoms with Crippen LogP contribution in [0, 0.1) is 0 Å². The number of carbonyl (C=O) groups is 2. The molecule has 0 heterocycles. The highest BCUT2D eigenvalue weighted by atomic mass is 31.2. The van der Waals surface area contributed by atoms with E-state index in [2.05, 4.69) is 111 Å². The van der Waals surface area contributed by atoms with Crippen molar-refractivity contribution < 1.29 is 42.1 Å². The summed E-state index contributed by atoms with van der Waals surface area (Å²) in [5.41, 5.74) is 0. The number of unbranched alkanes of at least 4 members (excludes halogenated alkanes) is 52. The summed E-state index contributed by atoms with van der Waals surface area (Å²) < 4.78 is 34.9. The first kappa shape index (κ1) is 98.9. The Balaban J connectivity index is 3.89. The number of phosphoric acid groups is 1. The van der Waals surface area contributed by atoms with Gasteiger partial charge in [0.1, 0.15) is 19.8 Å². The average molecular weight is 1450 g/mol. The van der Waals surface area contributed by atoms with Crippen LogP contribution in [0.3, 0.4) is 0 Å². The third kappa shape index (κ3) is 85.9. The molecule has 0 spiro atoms. The Labute approximate surface area is 634 Å². The minimum atomic E-state index is -4.40. The Hall–Kier alpha value is -3.07. The zero-order valence-electron chi connectivity index (χ0n) is 68.1. The number of nitrogens with zero attached hydrogens (tertiary/aromatic N) is 1. The van der Waals surface area contributed by atoms with Gasteiger partial charge in [-0.15, -0.1) is 0 Å². The van der Waals surface area contributed by atoms with E-state index in [9.17, 15) is 19.0 Å². The van der Waals surface area contributed by atoms with E-state index in [0.717, 1.165) is 77.0 Å². The fourth-order valence-corrected chi connectivity index (χ4v) is 13.7.